The predicted octanol–water partition coefficient (Wildman–Crippen LogP) is 2.22. The lowest BCUT2D eigenvalue weighted by Crippen LogP contribution is -2.44. The highest BCUT2D eigenvalue weighted by Crippen LogP contribution is 2.31. The molecule has 0 bridgehead atoms. The summed E-state index contributed by atoms with van der Waals surface area (Å²) < 4.78 is 46.7. The highest BCUT2D eigenvalue weighted by Gasteiger charge is 2.34. The fourth-order valence-electron chi connectivity index (χ4n) is 3.10. The Bertz CT molecular complexity index is 632. The minimum absolute atomic E-state index is 0.0933. The molecule has 9 heteroatoms. The van der Waals surface area contributed by atoms with E-state index in [1.807, 2.05) is 6.07 Å². The minimum Gasteiger partial charge on any atom is -0.396 e. The molecule has 158 valence electrons. The summed E-state index contributed by atoms with van der Waals surface area (Å²) in [6.45, 7) is 1.17. The molecule has 1 heterocycles. The first-order valence-electron chi connectivity index (χ1n) is 9.21. The van der Waals surface area contributed by atoms with E-state index in [0.29, 0.717) is 44.2 Å². The smallest absolute Gasteiger partial charge is 0.396 e. The van der Waals surface area contributed by atoms with Crippen LogP contribution in [0, 0.1) is 5.41 Å². The van der Waals surface area contributed by atoms with E-state index in [1.165, 1.54) is 0 Å². The number of hydrogen-bond acceptors (Lipinski definition) is 4. The molecule has 6 nitrogen and oxygen atoms in total. The molecule has 0 saturated carbocycles. The van der Waals surface area contributed by atoms with Crippen LogP contribution in [-0.4, -0.2) is 57.3 Å². The largest absolute Gasteiger partial charge is 0.411 e. The number of alkyl halides is 3. The number of ether oxygens (including phenoxy) is 2. The number of rotatable bonds is 9. The molecule has 1 aromatic rings. The number of halogens is 3. The van der Waals surface area contributed by atoms with Crippen LogP contribution >= 0.6 is 0 Å². The summed E-state index contributed by atoms with van der Waals surface area (Å²) in [6, 6.07) is 7.19. The molecule has 0 radical (unpaired) electrons. The van der Waals surface area contributed by atoms with E-state index >= 15 is 0 Å². The fraction of sp³-hybridized carbons (Fsp3) is 0.632. The molecule has 2 rings (SSSR count). The Morgan fingerprint density at radius 3 is 2.75 bits per heavy atom. The van der Waals surface area contributed by atoms with Crippen LogP contribution < -0.4 is 10.6 Å². The Morgan fingerprint density at radius 2 is 2.11 bits per heavy atom. The first kappa shape index (κ1) is 22.4. The average Bonchev–Trinajstić information content (AvgIpc) is 3.10. The van der Waals surface area contributed by atoms with E-state index in [2.05, 4.69) is 15.6 Å². The van der Waals surface area contributed by atoms with Crippen molar-refractivity contribution in [1.29, 1.82) is 0 Å². The van der Waals surface area contributed by atoms with Gasteiger partial charge in [0, 0.05) is 38.8 Å². The van der Waals surface area contributed by atoms with Gasteiger partial charge in [0.25, 0.3) is 0 Å². The van der Waals surface area contributed by atoms with Crippen LogP contribution in [0.15, 0.2) is 29.3 Å². The molecule has 1 aliphatic heterocycles. The van der Waals surface area contributed by atoms with E-state index in [9.17, 15) is 18.3 Å². The number of nitrogens with zero attached hydrogens (tertiary/aromatic N) is 1. The SMILES string of the molecule is CN=C(NCc1cccc(COCC(F)(F)F)c1)NCC1(CCO)CCOC1. The number of nitrogens with one attached hydrogen (secondary N) is 2. The normalized spacial score (nSPS) is 20.4. The molecule has 0 spiro atoms. The fourth-order valence-corrected chi connectivity index (χ4v) is 3.10. The Balaban J connectivity index is 1.82. The van der Waals surface area contributed by atoms with Gasteiger partial charge in [0.05, 0.1) is 13.2 Å². The van der Waals surface area contributed by atoms with Gasteiger partial charge in [0.15, 0.2) is 5.96 Å². The van der Waals surface area contributed by atoms with Crippen molar-refractivity contribution in [3.63, 3.8) is 0 Å². The van der Waals surface area contributed by atoms with Gasteiger partial charge < -0.3 is 25.2 Å². The van der Waals surface area contributed by atoms with Crippen LogP contribution in [0.5, 0.6) is 0 Å². The van der Waals surface area contributed by atoms with Gasteiger partial charge in [-0.25, -0.2) is 0 Å². The lowest BCUT2D eigenvalue weighted by Gasteiger charge is -2.27. The van der Waals surface area contributed by atoms with E-state index in [4.69, 9.17) is 9.47 Å². The van der Waals surface area contributed by atoms with Crippen LogP contribution in [0.2, 0.25) is 0 Å². The zero-order valence-electron chi connectivity index (χ0n) is 16.0. The first-order chi connectivity index (χ1) is 13.4. The van der Waals surface area contributed by atoms with Gasteiger partial charge in [-0.3, -0.25) is 4.99 Å². The molecule has 0 aromatic heterocycles. The maximum absolute atomic E-state index is 12.2. The Kier molecular flexibility index (Phi) is 8.53. The van der Waals surface area contributed by atoms with Crippen molar-refractivity contribution >= 4 is 5.96 Å². The minimum atomic E-state index is -4.32. The summed E-state index contributed by atoms with van der Waals surface area (Å²) in [5.74, 6) is 0.614. The van der Waals surface area contributed by atoms with Crippen LogP contribution in [0.1, 0.15) is 24.0 Å². The molecule has 0 amide bonds. The monoisotopic (exact) mass is 403 g/mol. The van der Waals surface area contributed by atoms with E-state index < -0.39 is 12.8 Å². The Labute approximate surface area is 163 Å². The first-order valence-corrected chi connectivity index (χ1v) is 9.21. The number of benzene rings is 1. The quantitative estimate of drug-likeness (QED) is 0.436. The molecule has 1 unspecified atom stereocenters. The second-order valence-corrected chi connectivity index (χ2v) is 6.98. The summed E-state index contributed by atoms with van der Waals surface area (Å²) in [7, 11) is 1.67. The lowest BCUT2D eigenvalue weighted by atomic mass is 9.84. The van der Waals surface area contributed by atoms with Crippen LogP contribution in [-0.2, 0) is 22.6 Å². The number of hydrogen-bond donors (Lipinski definition) is 3. The van der Waals surface area contributed by atoms with Gasteiger partial charge >= 0.3 is 6.18 Å². The van der Waals surface area contributed by atoms with Crippen molar-refractivity contribution in [1.82, 2.24) is 10.6 Å². The number of aliphatic imine (C=N–C) groups is 1. The molecule has 1 saturated heterocycles. The van der Waals surface area contributed by atoms with Crippen molar-refractivity contribution in [2.24, 2.45) is 10.4 Å². The summed E-state index contributed by atoms with van der Waals surface area (Å²) in [6.07, 6.45) is -2.77. The third kappa shape index (κ3) is 7.65. The third-order valence-corrected chi connectivity index (χ3v) is 4.67. The predicted molar refractivity (Wildman–Crippen MR) is 99.9 cm³/mol. The van der Waals surface area contributed by atoms with Gasteiger partial charge in [0.1, 0.15) is 6.61 Å². The van der Waals surface area contributed by atoms with Crippen molar-refractivity contribution in [3.05, 3.63) is 35.4 Å². The number of aliphatic hydroxyl groups excluding tert-OH is 1. The second-order valence-electron chi connectivity index (χ2n) is 6.98. The molecule has 1 fully saturated rings. The van der Waals surface area contributed by atoms with Crippen LogP contribution in [0.4, 0.5) is 13.2 Å². The van der Waals surface area contributed by atoms with Gasteiger partial charge in [-0.2, -0.15) is 13.2 Å². The van der Waals surface area contributed by atoms with Crippen molar-refractivity contribution in [2.75, 3.05) is 40.0 Å². The molecule has 28 heavy (non-hydrogen) atoms. The Morgan fingerprint density at radius 1 is 1.32 bits per heavy atom. The zero-order valence-corrected chi connectivity index (χ0v) is 16.0. The van der Waals surface area contributed by atoms with E-state index in [1.54, 1.807) is 25.2 Å². The summed E-state index contributed by atoms with van der Waals surface area (Å²) >= 11 is 0. The van der Waals surface area contributed by atoms with Crippen LogP contribution in [0.25, 0.3) is 0 Å². The highest BCUT2D eigenvalue weighted by molar-refractivity contribution is 5.79. The second kappa shape index (κ2) is 10.6. The number of guanidine groups is 1. The van der Waals surface area contributed by atoms with Crippen molar-refractivity contribution < 1.29 is 27.8 Å². The van der Waals surface area contributed by atoms with Gasteiger partial charge in [-0.15, -0.1) is 0 Å². The highest BCUT2D eigenvalue weighted by atomic mass is 19.4. The van der Waals surface area contributed by atoms with E-state index in [-0.39, 0.29) is 18.6 Å². The maximum Gasteiger partial charge on any atom is 0.411 e. The molecule has 1 aliphatic rings. The zero-order chi connectivity index (χ0) is 20.5. The summed E-state index contributed by atoms with van der Waals surface area (Å²) in [5.41, 5.74) is 1.49. The van der Waals surface area contributed by atoms with Gasteiger partial charge in [-0.1, -0.05) is 24.3 Å². The average molecular weight is 403 g/mol. The third-order valence-electron chi connectivity index (χ3n) is 4.67. The molecular weight excluding hydrogens is 375 g/mol. The number of aliphatic hydroxyl groups is 1. The Hall–Kier alpha value is -1.84. The summed E-state index contributed by atoms with van der Waals surface area (Å²) in [5, 5.41) is 15.8. The maximum atomic E-state index is 12.2. The van der Waals surface area contributed by atoms with Crippen molar-refractivity contribution in [2.45, 2.75) is 32.2 Å². The molecule has 1 aromatic carbocycles. The van der Waals surface area contributed by atoms with Gasteiger partial charge in [0.2, 0.25) is 0 Å². The van der Waals surface area contributed by atoms with Crippen LogP contribution in [0.3, 0.4) is 0 Å². The topological polar surface area (TPSA) is 75.1 Å². The molecule has 1 atom stereocenters. The molecule has 3 N–H and O–H groups in total. The standard InChI is InChI=1S/C19H28F3N3O3/c1-23-17(25-12-18(5-7-26)6-8-27-13-18)24-10-15-3-2-4-16(9-15)11-28-14-19(20,21)22/h2-4,9,26H,5-8,10-14H2,1H3,(H2,23,24,25). The lowest BCUT2D eigenvalue weighted by molar-refractivity contribution is -0.176. The van der Waals surface area contributed by atoms with Gasteiger partial charge in [-0.05, 0) is 24.0 Å². The molecular formula is C19H28F3N3O3. The van der Waals surface area contributed by atoms with E-state index in [0.717, 1.165) is 12.0 Å². The van der Waals surface area contributed by atoms with Crippen molar-refractivity contribution in [3.8, 4) is 0 Å². The molecule has 0 aliphatic carbocycles. The summed E-state index contributed by atoms with van der Waals surface area (Å²) in [4.78, 5) is 4.20.